The molecule has 0 aliphatic heterocycles. The van der Waals surface area contributed by atoms with E-state index < -0.39 is 0 Å². The van der Waals surface area contributed by atoms with E-state index in [-0.39, 0.29) is 0 Å². The minimum Gasteiger partial charge on any atom is -0.493 e. The largest absolute Gasteiger partial charge is 0.493 e. The minimum absolute atomic E-state index is 0.521. The van der Waals surface area contributed by atoms with E-state index in [4.69, 9.17) is 32.7 Å². The van der Waals surface area contributed by atoms with Gasteiger partial charge in [0.05, 0.1) is 46.9 Å². The van der Waals surface area contributed by atoms with Crippen molar-refractivity contribution in [2.45, 2.75) is 0 Å². The first-order chi connectivity index (χ1) is 13.9. The molecule has 0 atom stereocenters. The molecule has 2 aromatic carbocycles. The number of halogens is 3. The first kappa shape index (κ1) is 20.1. The fourth-order valence-electron chi connectivity index (χ4n) is 3.55. The molecule has 150 valence electrons. The molecule has 0 aliphatic carbocycles. The van der Waals surface area contributed by atoms with Gasteiger partial charge in [-0.2, -0.15) is 0 Å². The molecule has 0 unspecified atom stereocenters. The third-order valence-electron chi connectivity index (χ3n) is 4.99. The lowest BCUT2D eigenvalue weighted by atomic mass is 10.0. The number of rotatable bonds is 4. The van der Waals surface area contributed by atoms with Crippen LogP contribution in [0.3, 0.4) is 0 Å². The number of nitrogens with zero attached hydrogens (tertiary/aromatic N) is 3. The topological polar surface area (TPSA) is 41.2 Å². The zero-order valence-electron chi connectivity index (χ0n) is 16.3. The number of aryl methyl sites for hydroxylation is 2. The van der Waals surface area contributed by atoms with Gasteiger partial charge >= 0.3 is 0 Å². The van der Waals surface area contributed by atoms with Gasteiger partial charge in [0.2, 0.25) is 0 Å². The predicted octanol–water partition coefficient (Wildman–Crippen LogP) is 6.33. The molecule has 4 aromatic rings. The van der Waals surface area contributed by atoms with Crippen molar-refractivity contribution in [2.75, 3.05) is 14.2 Å². The average Bonchev–Trinajstić information content (AvgIpc) is 3.20. The molecule has 2 heterocycles. The number of aromatic nitrogens is 3. The Balaban J connectivity index is 1.93. The van der Waals surface area contributed by atoms with E-state index in [1.54, 1.807) is 20.5 Å². The van der Waals surface area contributed by atoms with E-state index in [9.17, 15) is 0 Å². The van der Waals surface area contributed by atoms with E-state index in [0.717, 1.165) is 37.9 Å². The van der Waals surface area contributed by atoms with E-state index in [1.165, 1.54) is 0 Å². The van der Waals surface area contributed by atoms with Gasteiger partial charge in [0.15, 0.2) is 11.5 Å². The zero-order valence-corrected chi connectivity index (χ0v) is 19.4. The Morgan fingerprint density at radius 2 is 1.76 bits per heavy atom. The van der Waals surface area contributed by atoms with Crippen molar-refractivity contribution in [3.05, 3.63) is 51.3 Å². The molecule has 4 rings (SSSR count). The fraction of sp³-hybridized carbons (Fsp3) is 0.190. The highest BCUT2D eigenvalue weighted by Crippen LogP contribution is 2.42. The van der Waals surface area contributed by atoms with Crippen LogP contribution in [0.2, 0.25) is 10.2 Å². The number of methoxy groups -OCH3 is 2. The number of benzene rings is 2. The maximum atomic E-state index is 6.46. The van der Waals surface area contributed by atoms with Crippen LogP contribution in [-0.2, 0) is 14.1 Å². The Labute approximate surface area is 186 Å². The summed E-state index contributed by atoms with van der Waals surface area (Å²) >= 11 is 16.3. The summed E-state index contributed by atoms with van der Waals surface area (Å²) in [5, 5.41) is 1.97. The van der Waals surface area contributed by atoms with Gasteiger partial charge in [0.1, 0.15) is 5.15 Å². The van der Waals surface area contributed by atoms with Crippen LogP contribution in [0.15, 0.2) is 41.1 Å². The van der Waals surface area contributed by atoms with Crippen molar-refractivity contribution in [2.24, 2.45) is 14.1 Å². The lowest BCUT2D eigenvalue weighted by molar-refractivity contribution is 0.353. The molecule has 8 heteroatoms. The second-order valence-corrected chi connectivity index (χ2v) is 8.23. The first-order valence-electron chi connectivity index (χ1n) is 8.74. The van der Waals surface area contributed by atoms with Gasteiger partial charge in [-0.15, -0.1) is 0 Å². The standard InChI is InChI=1S/C21H18BrCl2N3O2/c1-26-10-25-18(12-8-14(22)20(29-4)16(9-12)28-3)19(26)11-5-6-15-13(7-11)17(23)21(24)27(15)2/h5-10H,1-4H3. The van der Waals surface area contributed by atoms with Crippen LogP contribution in [-0.4, -0.2) is 28.3 Å². The molecule has 0 fully saturated rings. The molecule has 0 saturated carbocycles. The Bertz CT molecular complexity index is 1250. The van der Waals surface area contributed by atoms with Crippen molar-refractivity contribution >= 4 is 50.0 Å². The van der Waals surface area contributed by atoms with Crippen molar-refractivity contribution in [3.8, 4) is 34.0 Å². The quantitative estimate of drug-likeness (QED) is 0.332. The van der Waals surface area contributed by atoms with Crippen LogP contribution in [0.5, 0.6) is 11.5 Å². The molecule has 0 aliphatic rings. The van der Waals surface area contributed by atoms with E-state index in [2.05, 4.69) is 20.9 Å². The summed E-state index contributed by atoms with van der Waals surface area (Å²) in [7, 11) is 7.08. The maximum absolute atomic E-state index is 6.46. The Kier molecular flexibility index (Phi) is 5.27. The average molecular weight is 495 g/mol. The molecule has 0 saturated heterocycles. The summed E-state index contributed by atoms with van der Waals surface area (Å²) < 4.78 is 15.6. The van der Waals surface area contributed by atoms with Gasteiger partial charge in [-0.1, -0.05) is 29.3 Å². The smallest absolute Gasteiger partial charge is 0.174 e. The van der Waals surface area contributed by atoms with Gasteiger partial charge in [0, 0.05) is 30.6 Å². The third kappa shape index (κ3) is 3.19. The highest BCUT2D eigenvalue weighted by Gasteiger charge is 2.19. The van der Waals surface area contributed by atoms with Crippen molar-refractivity contribution < 1.29 is 9.47 Å². The molecular formula is C21H18BrCl2N3O2. The van der Waals surface area contributed by atoms with Crippen molar-refractivity contribution in [1.29, 1.82) is 0 Å². The van der Waals surface area contributed by atoms with Gasteiger partial charge in [-0.25, -0.2) is 4.98 Å². The van der Waals surface area contributed by atoms with Crippen LogP contribution in [0.25, 0.3) is 33.4 Å². The summed E-state index contributed by atoms with van der Waals surface area (Å²) in [5.41, 5.74) is 4.65. The highest BCUT2D eigenvalue weighted by atomic mass is 79.9. The maximum Gasteiger partial charge on any atom is 0.174 e. The molecular weight excluding hydrogens is 477 g/mol. The van der Waals surface area contributed by atoms with Gasteiger partial charge in [0.25, 0.3) is 0 Å². The Morgan fingerprint density at radius 1 is 1.00 bits per heavy atom. The van der Waals surface area contributed by atoms with Gasteiger partial charge < -0.3 is 18.6 Å². The predicted molar refractivity (Wildman–Crippen MR) is 121 cm³/mol. The molecule has 0 N–H and O–H groups in total. The molecule has 29 heavy (non-hydrogen) atoms. The van der Waals surface area contributed by atoms with Crippen LogP contribution in [0, 0.1) is 0 Å². The number of imidazole rings is 1. The van der Waals surface area contributed by atoms with Crippen LogP contribution in [0.1, 0.15) is 0 Å². The number of hydrogen-bond acceptors (Lipinski definition) is 3. The summed E-state index contributed by atoms with van der Waals surface area (Å²) in [6, 6.07) is 9.99. The van der Waals surface area contributed by atoms with Crippen molar-refractivity contribution in [1.82, 2.24) is 14.1 Å². The summed E-state index contributed by atoms with van der Waals surface area (Å²) in [4.78, 5) is 4.64. The second-order valence-electron chi connectivity index (χ2n) is 6.64. The molecule has 0 bridgehead atoms. The molecule has 0 radical (unpaired) electrons. The van der Waals surface area contributed by atoms with Crippen LogP contribution < -0.4 is 9.47 Å². The molecule has 0 spiro atoms. The number of fused-ring (bicyclic) bond motifs is 1. The van der Waals surface area contributed by atoms with Crippen molar-refractivity contribution in [3.63, 3.8) is 0 Å². The lowest BCUT2D eigenvalue weighted by Gasteiger charge is -2.13. The minimum atomic E-state index is 0.521. The monoisotopic (exact) mass is 493 g/mol. The first-order valence-corrected chi connectivity index (χ1v) is 10.3. The SMILES string of the molecule is COc1cc(-c2ncn(C)c2-c2ccc3c(c2)c(Cl)c(Cl)n3C)cc(Br)c1OC. The second kappa shape index (κ2) is 7.59. The summed E-state index contributed by atoms with van der Waals surface area (Å²) in [6.45, 7) is 0. The number of ether oxygens (including phenoxy) is 2. The van der Waals surface area contributed by atoms with Crippen LogP contribution in [0.4, 0.5) is 0 Å². The van der Waals surface area contributed by atoms with Gasteiger partial charge in [-0.3, -0.25) is 0 Å². The molecule has 5 nitrogen and oxygen atoms in total. The van der Waals surface area contributed by atoms with E-state index in [0.29, 0.717) is 21.7 Å². The molecule has 2 aromatic heterocycles. The highest BCUT2D eigenvalue weighted by molar-refractivity contribution is 9.10. The normalized spacial score (nSPS) is 11.3. The van der Waals surface area contributed by atoms with E-state index >= 15 is 0 Å². The Morgan fingerprint density at radius 3 is 2.45 bits per heavy atom. The molecule has 0 amide bonds. The third-order valence-corrected chi connectivity index (χ3v) is 6.50. The van der Waals surface area contributed by atoms with Gasteiger partial charge in [-0.05, 0) is 40.2 Å². The summed E-state index contributed by atoms with van der Waals surface area (Å²) in [6.07, 6.45) is 1.79. The lowest BCUT2D eigenvalue weighted by Crippen LogP contribution is -1.95. The van der Waals surface area contributed by atoms with Crippen LogP contribution >= 0.6 is 39.1 Å². The number of hydrogen-bond donors (Lipinski definition) is 0. The summed E-state index contributed by atoms with van der Waals surface area (Å²) in [5.74, 6) is 1.27. The van der Waals surface area contributed by atoms with E-state index in [1.807, 2.05) is 53.6 Å². The Hall–Kier alpha value is -2.15. The fourth-order valence-corrected chi connectivity index (χ4v) is 4.63. The zero-order chi connectivity index (χ0) is 20.9.